The van der Waals surface area contributed by atoms with Gasteiger partial charge >= 0.3 is 0 Å². The highest BCUT2D eigenvalue weighted by atomic mass is 16.5. The third-order valence-corrected chi connectivity index (χ3v) is 5.06. The lowest BCUT2D eigenvalue weighted by molar-refractivity contribution is 0.209. The van der Waals surface area contributed by atoms with Gasteiger partial charge in [-0.2, -0.15) is 0 Å². The molecule has 124 valence electrons. The minimum atomic E-state index is 0.488. The molecule has 0 spiro atoms. The molecule has 0 bridgehead atoms. The van der Waals surface area contributed by atoms with Crippen LogP contribution >= 0.6 is 0 Å². The van der Waals surface area contributed by atoms with E-state index >= 15 is 0 Å². The molecule has 0 atom stereocenters. The normalized spacial score (nSPS) is 20.1. The Morgan fingerprint density at radius 1 is 1.29 bits per heavy atom. The summed E-state index contributed by atoms with van der Waals surface area (Å²) < 4.78 is 7.71. The van der Waals surface area contributed by atoms with Crippen molar-refractivity contribution in [3.8, 4) is 16.9 Å². The molecule has 1 aliphatic rings. The smallest absolute Gasteiger partial charge is 0.125 e. The van der Waals surface area contributed by atoms with Crippen LogP contribution in [0, 0.1) is 5.92 Å². The zero-order chi connectivity index (χ0) is 16.7. The predicted octanol–water partition coefficient (Wildman–Crippen LogP) is 3.20. The molecule has 0 radical (unpaired) electrons. The van der Waals surface area contributed by atoms with E-state index in [9.17, 15) is 0 Å². The molecule has 0 aliphatic heterocycles. The van der Waals surface area contributed by atoms with Crippen LogP contribution in [0.25, 0.3) is 22.0 Å². The highest BCUT2D eigenvalue weighted by molar-refractivity contribution is 5.96. The summed E-state index contributed by atoms with van der Waals surface area (Å²) >= 11 is 0. The van der Waals surface area contributed by atoms with Gasteiger partial charge in [0.25, 0.3) is 0 Å². The van der Waals surface area contributed by atoms with Crippen LogP contribution in [0.1, 0.15) is 18.9 Å². The SMILES string of the molecule is COc1cccc(-c2cn(C3CC(CN)C3)c3cc(N)ncc23)c1. The average Bonchev–Trinajstić information content (AvgIpc) is 2.92. The maximum Gasteiger partial charge on any atom is 0.125 e. The molecule has 1 aromatic carbocycles. The number of fused-ring (bicyclic) bond motifs is 1. The lowest BCUT2D eigenvalue weighted by atomic mass is 9.80. The Hall–Kier alpha value is -2.53. The molecule has 5 heteroatoms. The third-order valence-electron chi connectivity index (χ3n) is 5.06. The Kier molecular flexibility index (Phi) is 3.65. The minimum Gasteiger partial charge on any atom is -0.497 e. The Bertz CT molecular complexity index is 880. The molecular formula is C19H22N4O. The molecule has 2 heterocycles. The first kappa shape index (κ1) is 15.0. The standard InChI is InChI=1S/C19H22N4O/c1-24-15-4-2-3-13(7-15)17-11-23(14-5-12(6-14)9-20)18-8-19(21)22-10-16(17)18/h2-4,7-8,10-12,14H,5-6,9,20H2,1H3,(H2,21,22). The lowest BCUT2D eigenvalue weighted by Crippen LogP contribution is -2.31. The van der Waals surface area contributed by atoms with Crippen molar-refractivity contribution in [1.29, 1.82) is 0 Å². The van der Waals surface area contributed by atoms with Crippen LogP contribution in [-0.2, 0) is 0 Å². The summed E-state index contributed by atoms with van der Waals surface area (Å²) in [5.41, 5.74) is 15.1. The number of benzene rings is 1. The first-order valence-electron chi connectivity index (χ1n) is 8.30. The highest BCUT2D eigenvalue weighted by Crippen LogP contribution is 2.42. The van der Waals surface area contributed by atoms with Gasteiger partial charge in [0.05, 0.1) is 12.6 Å². The summed E-state index contributed by atoms with van der Waals surface area (Å²) in [5.74, 6) is 2.03. The Morgan fingerprint density at radius 3 is 2.88 bits per heavy atom. The van der Waals surface area contributed by atoms with Crippen LogP contribution in [0.15, 0.2) is 42.7 Å². The fourth-order valence-corrected chi connectivity index (χ4v) is 3.60. The van der Waals surface area contributed by atoms with Gasteiger partial charge in [0.1, 0.15) is 11.6 Å². The Morgan fingerprint density at radius 2 is 2.12 bits per heavy atom. The third kappa shape index (κ3) is 2.41. The number of nitrogens with two attached hydrogens (primary N) is 2. The van der Waals surface area contributed by atoms with Gasteiger partial charge in [-0.05, 0) is 43.0 Å². The Balaban J connectivity index is 1.84. The summed E-state index contributed by atoms with van der Waals surface area (Å²) in [6, 6.07) is 10.6. The van der Waals surface area contributed by atoms with Crippen molar-refractivity contribution in [2.45, 2.75) is 18.9 Å². The summed E-state index contributed by atoms with van der Waals surface area (Å²) in [5, 5.41) is 1.12. The Labute approximate surface area is 141 Å². The number of nitrogen functional groups attached to an aromatic ring is 1. The molecule has 0 amide bonds. The minimum absolute atomic E-state index is 0.488. The molecule has 1 aliphatic carbocycles. The molecule has 1 fully saturated rings. The number of hydrogen-bond acceptors (Lipinski definition) is 4. The van der Waals surface area contributed by atoms with Gasteiger partial charge in [0.15, 0.2) is 0 Å². The number of aromatic nitrogens is 2. The quantitative estimate of drug-likeness (QED) is 0.773. The van der Waals surface area contributed by atoms with E-state index in [-0.39, 0.29) is 0 Å². The van der Waals surface area contributed by atoms with E-state index in [0.717, 1.165) is 47.2 Å². The van der Waals surface area contributed by atoms with E-state index in [1.807, 2.05) is 24.4 Å². The van der Waals surface area contributed by atoms with Gasteiger partial charge in [0, 0.05) is 35.5 Å². The molecule has 24 heavy (non-hydrogen) atoms. The van der Waals surface area contributed by atoms with Crippen molar-refractivity contribution in [1.82, 2.24) is 9.55 Å². The zero-order valence-electron chi connectivity index (χ0n) is 13.8. The van der Waals surface area contributed by atoms with E-state index in [2.05, 4.69) is 27.9 Å². The van der Waals surface area contributed by atoms with Crippen molar-refractivity contribution in [3.63, 3.8) is 0 Å². The monoisotopic (exact) mass is 322 g/mol. The van der Waals surface area contributed by atoms with Crippen LogP contribution in [-0.4, -0.2) is 23.2 Å². The molecule has 0 saturated heterocycles. The molecule has 0 unspecified atom stereocenters. The van der Waals surface area contributed by atoms with Crippen LogP contribution < -0.4 is 16.2 Å². The number of pyridine rings is 1. The van der Waals surface area contributed by atoms with E-state index in [0.29, 0.717) is 17.8 Å². The van der Waals surface area contributed by atoms with Gasteiger partial charge in [-0.15, -0.1) is 0 Å². The molecule has 5 nitrogen and oxygen atoms in total. The summed E-state index contributed by atoms with van der Waals surface area (Å²) in [6.07, 6.45) is 6.34. The van der Waals surface area contributed by atoms with Crippen LogP contribution in [0.5, 0.6) is 5.75 Å². The lowest BCUT2D eigenvalue weighted by Gasteiger charge is -2.36. The maximum absolute atomic E-state index is 5.93. The highest BCUT2D eigenvalue weighted by Gasteiger charge is 2.30. The average molecular weight is 322 g/mol. The van der Waals surface area contributed by atoms with Crippen LogP contribution in [0.3, 0.4) is 0 Å². The zero-order valence-corrected chi connectivity index (χ0v) is 13.8. The first-order chi connectivity index (χ1) is 11.7. The molecule has 3 aromatic rings. The molecular weight excluding hydrogens is 300 g/mol. The van der Waals surface area contributed by atoms with Gasteiger partial charge in [-0.25, -0.2) is 4.98 Å². The fraction of sp³-hybridized carbons (Fsp3) is 0.316. The van der Waals surface area contributed by atoms with E-state index in [4.69, 9.17) is 16.2 Å². The van der Waals surface area contributed by atoms with E-state index in [1.165, 1.54) is 0 Å². The van der Waals surface area contributed by atoms with E-state index in [1.54, 1.807) is 7.11 Å². The summed E-state index contributed by atoms with van der Waals surface area (Å²) in [7, 11) is 1.69. The van der Waals surface area contributed by atoms with Crippen molar-refractivity contribution in [3.05, 3.63) is 42.7 Å². The number of rotatable bonds is 4. The number of nitrogens with zero attached hydrogens (tertiary/aromatic N) is 2. The summed E-state index contributed by atoms with van der Waals surface area (Å²) in [6.45, 7) is 0.766. The van der Waals surface area contributed by atoms with Gasteiger partial charge in [0.2, 0.25) is 0 Å². The van der Waals surface area contributed by atoms with Gasteiger partial charge < -0.3 is 20.8 Å². The second-order valence-corrected chi connectivity index (χ2v) is 6.54. The van der Waals surface area contributed by atoms with Crippen molar-refractivity contribution >= 4 is 16.7 Å². The molecule has 1 saturated carbocycles. The second-order valence-electron chi connectivity index (χ2n) is 6.54. The molecule has 4 rings (SSSR count). The van der Waals surface area contributed by atoms with Crippen molar-refractivity contribution in [2.24, 2.45) is 11.7 Å². The van der Waals surface area contributed by atoms with Crippen molar-refractivity contribution in [2.75, 3.05) is 19.4 Å². The maximum atomic E-state index is 5.93. The predicted molar refractivity (Wildman–Crippen MR) is 96.9 cm³/mol. The van der Waals surface area contributed by atoms with E-state index < -0.39 is 0 Å². The van der Waals surface area contributed by atoms with Crippen LogP contribution in [0.2, 0.25) is 0 Å². The number of methoxy groups -OCH3 is 1. The van der Waals surface area contributed by atoms with Crippen molar-refractivity contribution < 1.29 is 4.74 Å². The van der Waals surface area contributed by atoms with Crippen LogP contribution in [0.4, 0.5) is 5.82 Å². The fourth-order valence-electron chi connectivity index (χ4n) is 3.60. The largest absolute Gasteiger partial charge is 0.497 e. The summed E-state index contributed by atoms with van der Waals surface area (Å²) in [4.78, 5) is 4.30. The number of ether oxygens (including phenoxy) is 1. The number of anilines is 1. The molecule has 4 N–H and O–H groups in total. The van der Waals surface area contributed by atoms with Gasteiger partial charge in [-0.1, -0.05) is 12.1 Å². The topological polar surface area (TPSA) is 79.1 Å². The first-order valence-corrected chi connectivity index (χ1v) is 8.30. The number of hydrogen-bond donors (Lipinski definition) is 2. The molecule has 2 aromatic heterocycles. The second kappa shape index (κ2) is 5.83. The van der Waals surface area contributed by atoms with Gasteiger partial charge in [-0.3, -0.25) is 0 Å².